The standard InChI is InChI=1S/C26H21ClN2O4S/c27-23-10-6-20(7-11-23)22(18-28)16-19-4-3-5-24(17-19)33-26(30)21-8-12-25(13-9-21)34(31,32)29-14-1-2-15-29/h3-13,16-17H,1-2,14-15H2/b22-16-. The number of rotatable bonds is 6. The van der Waals surface area contributed by atoms with Crippen LogP contribution >= 0.6 is 11.6 Å². The van der Waals surface area contributed by atoms with Gasteiger partial charge in [-0.25, -0.2) is 13.2 Å². The van der Waals surface area contributed by atoms with Gasteiger partial charge in [0.2, 0.25) is 10.0 Å². The Morgan fingerprint density at radius 3 is 2.26 bits per heavy atom. The predicted octanol–water partition coefficient (Wildman–Crippen LogP) is 5.41. The van der Waals surface area contributed by atoms with E-state index in [9.17, 15) is 18.5 Å². The van der Waals surface area contributed by atoms with Crippen LogP contribution in [0.2, 0.25) is 5.02 Å². The summed E-state index contributed by atoms with van der Waals surface area (Å²) in [5.41, 5.74) is 2.08. The van der Waals surface area contributed by atoms with Crippen molar-refractivity contribution in [2.45, 2.75) is 17.7 Å². The molecule has 0 spiro atoms. The van der Waals surface area contributed by atoms with Crippen molar-refractivity contribution in [3.63, 3.8) is 0 Å². The molecule has 0 saturated carbocycles. The zero-order valence-electron chi connectivity index (χ0n) is 18.1. The van der Waals surface area contributed by atoms with Gasteiger partial charge in [-0.15, -0.1) is 0 Å². The molecule has 0 radical (unpaired) electrons. The van der Waals surface area contributed by atoms with Crippen LogP contribution < -0.4 is 4.74 Å². The number of halogens is 1. The van der Waals surface area contributed by atoms with Crippen LogP contribution in [-0.4, -0.2) is 31.8 Å². The quantitative estimate of drug-likeness (QED) is 0.199. The smallest absolute Gasteiger partial charge is 0.343 e. The van der Waals surface area contributed by atoms with E-state index in [0.29, 0.717) is 35.0 Å². The number of esters is 1. The minimum atomic E-state index is -3.54. The highest BCUT2D eigenvalue weighted by Gasteiger charge is 2.27. The lowest BCUT2D eigenvalue weighted by Crippen LogP contribution is -2.27. The second-order valence-electron chi connectivity index (χ2n) is 7.77. The molecule has 3 aromatic rings. The Morgan fingerprint density at radius 1 is 0.971 bits per heavy atom. The Labute approximate surface area is 203 Å². The fourth-order valence-electron chi connectivity index (χ4n) is 3.65. The van der Waals surface area contributed by atoms with Gasteiger partial charge in [0.25, 0.3) is 0 Å². The summed E-state index contributed by atoms with van der Waals surface area (Å²) in [6, 6.07) is 21.7. The number of sulfonamides is 1. The van der Waals surface area contributed by atoms with Gasteiger partial charge in [-0.1, -0.05) is 35.9 Å². The van der Waals surface area contributed by atoms with E-state index in [1.165, 1.54) is 28.6 Å². The zero-order valence-corrected chi connectivity index (χ0v) is 19.7. The molecule has 172 valence electrons. The summed E-state index contributed by atoms with van der Waals surface area (Å²) in [4.78, 5) is 12.8. The largest absolute Gasteiger partial charge is 0.423 e. The number of nitriles is 1. The Bertz CT molecular complexity index is 1370. The molecule has 1 fully saturated rings. The molecular formula is C26H21ClN2O4S. The number of carbonyl (C=O) groups excluding carboxylic acids is 1. The van der Waals surface area contributed by atoms with Gasteiger partial charge in [0.15, 0.2) is 0 Å². The van der Waals surface area contributed by atoms with E-state index in [1.807, 2.05) is 0 Å². The van der Waals surface area contributed by atoms with E-state index >= 15 is 0 Å². The molecule has 0 aliphatic carbocycles. The lowest BCUT2D eigenvalue weighted by atomic mass is 10.0. The Hall–Kier alpha value is -3.44. The molecule has 6 nitrogen and oxygen atoms in total. The summed E-state index contributed by atoms with van der Waals surface area (Å²) in [5.74, 6) is -0.301. The van der Waals surface area contributed by atoms with Gasteiger partial charge in [0.1, 0.15) is 5.75 Å². The topological polar surface area (TPSA) is 87.5 Å². The molecule has 1 saturated heterocycles. The number of hydrogen-bond acceptors (Lipinski definition) is 5. The maximum atomic E-state index is 12.7. The third-order valence-electron chi connectivity index (χ3n) is 5.45. The van der Waals surface area contributed by atoms with Crippen LogP contribution in [0.25, 0.3) is 11.6 Å². The molecule has 34 heavy (non-hydrogen) atoms. The number of ether oxygens (including phenoxy) is 1. The molecular weight excluding hydrogens is 472 g/mol. The SMILES string of the molecule is N#C/C(=C/c1cccc(OC(=O)c2ccc(S(=O)(=O)N3CCCC3)cc2)c1)c1ccc(Cl)cc1. The Morgan fingerprint density at radius 2 is 1.62 bits per heavy atom. The number of nitrogens with zero attached hydrogens (tertiary/aromatic N) is 2. The number of benzene rings is 3. The molecule has 0 unspecified atom stereocenters. The van der Waals surface area contributed by atoms with Gasteiger partial charge in [0.05, 0.1) is 22.1 Å². The minimum absolute atomic E-state index is 0.157. The fraction of sp³-hybridized carbons (Fsp3) is 0.154. The molecule has 0 N–H and O–H groups in total. The number of hydrogen-bond donors (Lipinski definition) is 0. The number of allylic oxidation sites excluding steroid dienone is 1. The molecule has 1 aliphatic rings. The van der Waals surface area contributed by atoms with Crippen molar-refractivity contribution in [1.82, 2.24) is 4.31 Å². The van der Waals surface area contributed by atoms with Crippen molar-refractivity contribution in [1.29, 1.82) is 5.26 Å². The van der Waals surface area contributed by atoms with E-state index in [-0.39, 0.29) is 10.5 Å². The fourth-order valence-corrected chi connectivity index (χ4v) is 5.29. The van der Waals surface area contributed by atoms with Crippen molar-refractivity contribution in [3.05, 3.63) is 94.5 Å². The van der Waals surface area contributed by atoms with E-state index in [4.69, 9.17) is 16.3 Å². The first-order valence-electron chi connectivity index (χ1n) is 10.7. The van der Waals surface area contributed by atoms with Crippen LogP contribution in [0.4, 0.5) is 0 Å². The van der Waals surface area contributed by atoms with Crippen molar-refractivity contribution in [2.75, 3.05) is 13.1 Å². The lowest BCUT2D eigenvalue weighted by Gasteiger charge is -2.15. The molecule has 3 aromatic carbocycles. The van der Waals surface area contributed by atoms with Crippen molar-refractivity contribution < 1.29 is 17.9 Å². The summed E-state index contributed by atoms with van der Waals surface area (Å²) >= 11 is 5.92. The van der Waals surface area contributed by atoms with Gasteiger partial charge < -0.3 is 4.74 Å². The monoisotopic (exact) mass is 492 g/mol. The van der Waals surface area contributed by atoms with Gasteiger partial charge in [-0.2, -0.15) is 9.57 Å². The maximum Gasteiger partial charge on any atom is 0.343 e. The van der Waals surface area contributed by atoms with Gasteiger partial charge in [0, 0.05) is 18.1 Å². The van der Waals surface area contributed by atoms with E-state index < -0.39 is 16.0 Å². The van der Waals surface area contributed by atoms with Gasteiger partial charge in [-0.3, -0.25) is 0 Å². The second kappa shape index (κ2) is 10.2. The lowest BCUT2D eigenvalue weighted by molar-refractivity contribution is 0.0734. The molecule has 0 aromatic heterocycles. The summed E-state index contributed by atoms with van der Waals surface area (Å²) in [6.45, 7) is 1.03. The zero-order chi connectivity index (χ0) is 24.1. The first-order valence-corrected chi connectivity index (χ1v) is 12.5. The summed E-state index contributed by atoms with van der Waals surface area (Å²) in [7, 11) is -3.54. The average Bonchev–Trinajstić information content (AvgIpc) is 3.40. The Balaban J connectivity index is 1.49. The van der Waals surface area contributed by atoms with Crippen LogP contribution in [0.3, 0.4) is 0 Å². The van der Waals surface area contributed by atoms with E-state index in [0.717, 1.165) is 18.4 Å². The van der Waals surface area contributed by atoms with Crippen LogP contribution in [0.1, 0.15) is 34.3 Å². The highest BCUT2D eigenvalue weighted by molar-refractivity contribution is 7.89. The van der Waals surface area contributed by atoms with Crippen LogP contribution in [0.5, 0.6) is 5.75 Å². The van der Waals surface area contributed by atoms with Crippen molar-refractivity contribution in [3.8, 4) is 11.8 Å². The molecule has 0 amide bonds. The minimum Gasteiger partial charge on any atom is -0.423 e. The summed E-state index contributed by atoms with van der Waals surface area (Å²) in [5, 5.41) is 10.1. The average molecular weight is 493 g/mol. The highest BCUT2D eigenvalue weighted by Crippen LogP contribution is 2.24. The molecule has 0 bridgehead atoms. The highest BCUT2D eigenvalue weighted by atomic mass is 35.5. The predicted molar refractivity (Wildman–Crippen MR) is 131 cm³/mol. The molecule has 0 atom stereocenters. The number of carbonyl (C=O) groups is 1. The summed E-state index contributed by atoms with van der Waals surface area (Å²) < 4.78 is 32.2. The maximum absolute atomic E-state index is 12.7. The van der Waals surface area contributed by atoms with Crippen molar-refractivity contribution >= 4 is 39.2 Å². The third-order valence-corrected chi connectivity index (χ3v) is 7.61. The van der Waals surface area contributed by atoms with Crippen LogP contribution in [0.15, 0.2) is 77.7 Å². The van der Waals surface area contributed by atoms with Crippen LogP contribution in [-0.2, 0) is 10.0 Å². The molecule has 4 rings (SSSR count). The first kappa shape index (κ1) is 23.7. The second-order valence-corrected chi connectivity index (χ2v) is 10.1. The first-order chi connectivity index (χ1) is 16.4. The normalized spacial score (nSPS) is 14.5. The van der Waals surface area contributed by atoms with Gasteiger partial charge in [-0.05, 0) is 78.6 Å². The van der Waals surface area contributed by atoms with Crippen molar-refractivity contribution in [2.24, 2.45) is 0 Å². The van der Waals surface area contributed by atoms with Crippen LogP contribution in [0, 0.1) is 11.3 Å². The van der Waals surface area contributed by atoms with E-state index in [2.05, 4.69) is 6.07 Å². The van der Waals surface area contributed by atoms with E-state index in [1.54, 1.807) is 54.6 Å². The molecule has 1 aliphatic heterocycles. The Kier molecular flexibility index (Phi) is 7.13. The molecule has 8 heteroatoms. The summed E-state index contributed by atoms with van der Waals surface area (Å²) in [6.07, 6.45) is 3.40. The van der Waals surface area contributed by atoms with Gasteiger partial charge >= 0.3 is 5.97 Å². The third kappa shape index (κ3) is 5.37. The molecule has 1 heterocycles.